The molecule has 4 nitrogen and oxygen atoms in total. The summed E-state index contributed by atoms with van der Waals surface area (Å²) in [5.41, 5.74) is 3.01. The molecule has 5 heteroatoms. The Morgan fingerprint density at radius 2 is 2.04 bits per heavy atom. The first kappa shape index (κ1) is 16.6. The fourth-order valence-electron chi connectivity index (χ4n) is 2.54. The summed E-state index contributed by atoms with van der Waals surface area (Å²) in [6, 6.07) is 7.76. The number of pyridine rings is 1. The number of thiazole rings is 1. The summed E-state index contributed by atoms with van der Waals surface area (Å²) >= 11 is 1.65. The highest BCUT2D eigenvalue weighted by Crippen LogP contribution is 2.19. The van der Waals surface area contributed by atoms with Gasteiger partial charge >= 0.3 is 0 Å². The van der Waals surface area contributed by atoms with Crippen LogP contribution in [-0.4, -0.2) is 20.3 Å². The van der Waals surface area contributed by atoms with Gasteiger partial charge in [-0.05, 0) is 35.7 Å². The summed E-state index contributed by atoms with van der Waals surface area (Å²) in [4.78, 5) is 21.2. The standard InChI is InChI=1S/C19H21N3OS/c1-14(2)16-13-24-19(21-16)6-5-18(23)17-4-3-11-22(17)12-15-7-9-20-10-8-15/h3-4,7-11,13-14H,5-6,12H2,1-2H3. The van der Waals surface area contributed by atoms with Crippen LogP contribution in [0.4, 0.5) is 0 Å². The van der Waals surface area contributed by atoms with Crippen LogP contribution in [-0.2, 0) is 13.0 Å². The van der Waals surface area contributed by atoms with E-state index in [0.717, 1.165) is 22.0 Å². The molecule has 3 aromatic heterocycles. The summed E-state index contributed by atoms with van der Waals surface area (Å²) in [7, 11) is 0. The third-order valence-corrected chi connectivity index (χ3v) is 4.87. The van der Waals surface area contributed by atoms with Crippen LogP contribution in [0.15, 0.2) is 48.2 Å². The summed E-state index contributed by atoms with van der Waals surface area (Å²) in [5.74, 6) is 0.596. The first-order valence-corrected chi connectivity index (χ1v) is 9.03. The number of ketones is 1. The van der Waals surface area contributed by atoms with Gasteiger partial charge in [-0.15, -0.1) is 11.3 Å². The summed E-state index contributed by atoms with van der Waals surface area (Å²) in [5, 5.41) is 3.13. The van der Waals surface area contributed by atoms with Crippen LogP contribution in [0, 0.1) is 0 Å². The van der Waals surface area contributed by atoms with Gasteiger partial charge in [0.15, 0.2) is 5.78 Å². The largest absolute Gasteiger partial charge is 0.341 e. The molecule has 0 radical (unpaired) electrons. The second-order valence-corrected chi connectivity index (χ2v) is 7.06. The molecular formula is C19H21N3OS. The molecule has 0 aromatic carbocycles. The second kappa shape index (κ2) is 7.53. The van der Waals surface area contributed by atoms with Gasteiger partial charge in [-0.25, -0.2) is 4.98 Å². The minimum atomic E-state index is 0.162. The van der Waals surface area contributed by atoms with E-state index in [9.17, 15) is 4.79 Å². The molecule has 3 aromatic rings. The number of aryl methyl sites for hydroxylation is 1. The van der Waals surface area contributed by atoms with Gasteiger partial charge in [-0.1, -0.05) is 13.8 Å². The first-order chi connectivity index (χ1) is 11.6. The van der Waals surface area contributed by atoms with Crippen molar-refractivity contribution in [3.05, 3.63) is 70.2 Å². The highest BCUT2D eigenvalue weighted by atomic mass is 32.1. The van der Waals surface area contributed by atoms with Crippen LogP contribution in [0.5, 0.6) is 0 Å². The lowest BCUT2D eigenvalue weighted by molar-refractivity contribution is 0.0974. The lowest BCUT2D eigenvalue weighted by Gasteiger charge is -2.08. The van der Waals surface area contributed by atoms with E-state index in [1.165, 1.54) is 0 Å². The molecule has 0 bridgehead atoms. The predicted molar refractivity (Wildman–Crippen MR) is 96.6 cm³/mol. The monoisotopic (exact) mass is 339 g/mol. The van der Waals surface area contributed by atoms with Gasteiger partial charge in [-0.3, -0.25) is 9.78 Å². The fraction of sp³-hybridized carbons (Fsp3) is 0.316. The van der Waals surface area contributed by atoms with Crippen molar-refractivity contribution >= 4 is 17.1 Å². The molecular weight excluding hydrogens is 318 g/mol. The average molecular weight is 339 g/mol. The molecule has 0 amide bonds. The Morgan fingerprint density at radius 3 is 2.75 bits per heavy atom. The third kappa shape index (κ3) is 3.97. The quantitative estimate of drug-likeness (QED) is 0.602. The zero-order valence-electron chi connectivity index (χ0n) is 14.0. The van der Waals surface area contributed by atoms with Crippen LogP contribution in [0.2, 0.25) is 0 Å². The summed E-state index contributed by atoms with van der Waals surface area (Å²) in [6.45, 7) is 4.96. The van der Waals surface area contributed by atoms with Crippen LogP contribution < -0.4 is 0 Å². The SMILES string of the molecule is CC(C)c1csc(CCC(=O)c2cccn2Cc2ccncc2)n1. The Bertz CT molecular complexity index is 805. The summed E-state index contributed by atoms with van der Waals surface area (Å²) in [6.07, 6.45) is 6.69. The van der Waals surface area contributed by atoms with Gasteiger partial charge in [0.2, 0.25) is 0 Å². The third-order valence-electron chi connectivity index (χ3n) is 3.94. The van der Waals surface area contributed by atoms with E-state index in [4.69, 9.17) is 0 Å². The van der Waals surface area contributed by atoms with Crippen LogP contribution in [0.1, 0.15) is 52.9 Å². The van der Waals surface area contributed by atoms with Crippen molar-refractivity contribution in [2.75, 3.05) is 0 Å². The first-order valence-electron chi connectivity index (χ1n) is 8.15. The van der Waals surface area contributed by atoms with Crippen molar-refractivity contribution < 1.29 is 4.79 Å². The van der Waals surface area contributed by atoms with E-state index in [0.29, 0.717) is 25.3 Å². The number of carbonyl (C=O) groups is 1. The van der Waals surface area contributed by atoms with Crippen LogP contribution >= 0.6 is 11.3 Å². The van der Waals surface area contributed by atoms with Crippen molar-refractivity contribution in [3.8, 4) is 0 Å². The number of nitrogens with zero attached hydrogens (tertiary/aromatic N) is 3. The normalized spacial score (nSPS) is 11.1. The fourth-order valence-corrected chi connectivity index (χ4v) is 3.50. The van der Waals surface area contributed by atoms with Gasteiger partial charge in [0.05, 0.1) is 16.4 Å². The smallest absolute Gasteiger partial charge is 0.179 e. The average Bonchev–Trinajstić information content (AvgIpc) is 3.23. The molecule has 0 unspecified atom stereocenters. The van der Waals surface area contributed by atoms with E-state index in [1.54, 1.807) is 23.7 Å². The van der Waals surface area contributed by atoms with E-state index in [2.05, 4.69) is 29.2 Å². The zero-order valence-corrected chi connectivity index (χ0v) is 14.8. The molecule has 3 heterocycles. The lowest BCUT2D eigenvalue weighted by Crippen LogP contribution is -2.10. The van der Waals surface area contributed by atoms with Gasteiger partial charge < -0.3 is 4.57 Å². The van der Waals surface area contributed by atoms with Crippen molar-refractivity contribution in [1.29, 1.82) is 0 Å². The molecule has 0 saturated heterocycles. The Morgan fingerprint density at radius 1 is 1.25 bits per heavy atom. The number of hydrogen-bond acceptors (Lipinski definition) is 4. The van der Waals surface area contributed by atoms with Crippen LogP contribution in [0.25, 0.3) is 0 Å². The Kier molecular flexibility index (Phi) is 5.20. The minimum Gasteiger partial charge on any atom is -0.341 e. The highest BCUT2D eigenvalue weighted by Gasteiger charge is 2.13. The maximum atomic E-state index is 12.6. The molecule has 0 fully saturated rings. The number of carbonyl (C=O) groups excluding carboxylic acids is 1. The van der Waals surface area contributed by atoms with Crippen LogP contribution in [0.3, 0.4) is 0 Å². The number of hydrogen-bond donors (Lipinski definition) is 0. The lowest BCUT2D eigenvalue weighted by atomic mass is 10.1. The Hall–Kier alpha value is -2.27. The highest BCUT2D eigenvalue weighted by molar-refractivity contribution is 7.09. The van der Waals surface area contributed by atoms with Crippen molar-refractivity contribution in [2.45, 2.75) is 39.2 Å². The number of Topliss-reactive ketones (excluding diaryl/α,β-unsaturated/α-hetero) is 1. The van der Waals surface area contributed by atoms with Crippen molar-refractivity contribution in [2.24, 2.45) is 0 Å². The van der Waals surface area contributed by atoms with Crippen molar-refractivity contribution in [1.82, 2.24) is 14.5 Å². The van der Waals surface area contributed by atoms with E-state index in [-0.39, 0.29) is 5.78 Å². The van der Waals surface area contributed by atoms with Crippen molar-refractivity contribution in [3.63, 3.8) is 0 Å². The van der Waals surface area contributed by atoms with E-state index in [1.807, 2.05) is 35.0 Å². The molecule has 3 rings (SSSR count). The molecule has 124 valence electrons. The molecule has 0 spiro atoms. The molecule has 0 aliphatic rings. The molecule has 0 saturated carbocycles. The topological polar surface area (TPSA) is 47.8 Å². The Balaban J connectivity index is 1.64. The van der Waals surface area contributed by atoms with Gasteiger partial charge in [0.1, 0.15) is 0 Å². The Labute approximate surface area is 146 Å². The molecule has 0 N–H and O–H groups in total. The second-order valence-electron chi connectivity index (χ2n) is 6.12. The zero-order chi connectivity index (χ0) is 16.9. The van der Waals surface area contributed by atoms with E-state index < -0.39 is 0 Å². The van der Waals surface area contributed by atoms with Gasteiger partial charge in [-0.2, -0.15) is 0 Å². The van der Waals surface area contributed by atoms with Gasteiger partial charge in [0.25, 0.3) is 0 Å². The molecule has 0 aliphatic heterocycles. The molecule has 0 atom stereocenters. The van der Waals surface area contributed by atoms with Gasteiger partial charge in [0, 0.05) is 43.4 Å². The maximum Gasteiger partial charge on any atom is 0.179 e. The molecule has 24 heavy (non-hydrogen) atoms. The number of rotatable bonds is 7. The predicted octanol–water partition coefficient (Wildman–Crippen LogP) is 4.33. The molecule has 0 aliphatic carbocycles. The minimum absolute atomic E-state index is 0.162. The number of aromatic nitrogens is 3. The summed E-state index contributed by atoms with van der Waals surface area (Å²) < 4.78 is 2.00. The maximum absolute atomic E-state index is 12.6. The van der Waals surface area contributed by atoms with E-state index >= 15 is 0 Å².